The molecule has 0 amide bonds. The van der Waals surface area contributed by atoms with Crippen LogP contribution in [0.15, 0.2) is 49.4 Å². The molecule has 3 rings (SSSR count). The van der Waals surface area contributed by atoms with Gasteiger partial charge in [-0.15, -0.1) is 0 Å². The summed E-state index contributed by atoms with van der Waals surface area (Å²) in [6.07, 6.45) is 0.960. The zero-order valence-corrected chi connectivity index (χ0v) is 18.0. The second kappa shape index (κ2) is 8.25. The molecule has 0 aliphatic heterocycles. The maximum atomic E-state index is 12.4. The molecule has 0 unspecified atom stereocenters. The van der Waals surface area contributed by atoms with Gasteiger partial charge in [0.05, 0.1) is 10.6 Å². The molecular formula is C19H14BrClN4O5. The first-order valence-electron chi connectivity index (χ1n) is 8.43. The van der Waals surface area contributed by atoms with Crippen LogP contribution in [0.2, 0.25) is 5.02 Å². The number of aromatic nitrogens is 2. The van der Waals surface area contributed by atoms with Gasteiger partial charge in [-0.05, 0) is 49.2 Å². The zero-order chi connectivity index (χ0) is 22.2. The third-order valence-electron chi connectivity index (χ3n) is 4.31. The average Bonchev–Trinajstić information content (AvgIpc) is 2.66. The molecule has 3 aromatic rings. The molecule has 0 atom stereocenters. The van der Waals surface area contributed by atoms with Crippen LogP contribution in [-0.4, -0.2) is 25.8 Å². The number of H-pyrrole nitrogens is 1. The molecule has 1 heterocycles. The van der Waals surface area contributed by atoms with E-state index in [0.717, 1.165) is 26.9 Å². The van der Waals surface area contributed by atoms with Gasteiger partial charge in [-0.2, -0.15) is 0 Å². The van der Waals surface area contributed by atoms with Crippen LogP contribution in [0.25, 0.3) is 5.69 Å². The molecule has 154 valence electrons. The highest BCUT2D eigenvalue weighted by Crippen LogP contribution is 2.30. The molecule has 0 saturated heterocycles. The number of rotatable bonds is 4. The first kappa shape index (κ1) is 21.5. The summed E-state index contributed by atoms with van der Waals surface area (Å²) >= 11 is 9.18. The molecule has 0 aliphatic rings. The lowest BCUT2D eigenvalue weighted by molar-refractivity contribution is -0.384. The normalized spacial score (nSPS) is 11.2. The molecule has 0 saturated carbocycles. The van der Waals surface area contributed by atoms with E-state index in [4.69, 9.17) is 11.6 Å². The molecule has 2 aromatic carbocycles. The Balaban J connectivity index is 2.20. The molecule has 11 heteroatoms. The highest BCUT2D eigenvalue weighted by Gasteiger charge is 2.18. The SMILES string of the molecule is Cc1cc(-n2c(O)c(C=Nc3ccc(Cl)cc3[N+](=O)[O-])c(=O)[nH]c2=O)c(C)cc1Br. The Labute approximate surface area is 182 Å². The van der Waals surface area contributed by atoms with E-state index in [1.807, 2.05) is 6.92 Å². The number of halogens is 2. The molecule has 0 aliphatic carbocycles. The second-order valence-corrected chi connectivity index (χ2v) is 7.66. The van der Waals surface area contributed by atoms with E-state index in [1.165, 1.54) is 12.1 Å². The van der Waals surface area contributed by atoms with Gasteiger partial charge in [0.1, 0.15) is 11.3 Å². The number of aliphatic imine (C=N–C) groups is 1. The van der Waals surface area contributed by atoms with Crippen LogP contribution < -0.4 is 11.2 Å². The monoisotopic (exact) mass is 492 g/mol. The second-order valence-electron chi connectivity index (χ2n) is 6.37. The van der Waals surface area contributed by atoms with Crippen molar-refractivity contribution in [3.8, 4) is 11.6 Å². The van der Waals surface area contributed by atoms with Gasteiger partial charge in [-0.3, -0.25) is 19.9 Å². The van der Waals surface area contributed by atoms with Crippen molar-refractivity contribution in [2.45, 2.75) is 13.8 Å². The Kier molecular flexibility index (Phi) is 5.90. The van der Waals surface area contributed by atoms with Crippen LogP contribution in [0.5, 0.6) is 5.88 Å². The zero-order valence-electron chi connectivity index (χ0n) is 15.6. The number of nitrogens with one attached hydrogen (secondary N) is 1. The van der Waals surface area contributed by atoms with Crippen molar-refractivity contribution in [1.29, 1.82) is 0 Å². The topological polar surface area (TPSA) is 131 Å². The number of benzene rings is 2. The van der Waals surface area contributed by atoms with E-state index in [9.17, 15) is 24.8 Å². The van der Waals surface area contributed by atoms with E-state index < -0.39 is 22.1 Å². The van der Waals surface area contributed by atoms with Gasteiger partial charge in [0, 0.05) is 21.8 Å². The van der Waals surface area contributed by atoms with E-state index in [0.29, 0.717) is 11.3 Å². The summed E-state index contributed by atoms with van der Waals surface area (Å²) in [6, 6.07) is 7.27. The summed E-state index contributed by atoms with van der Waals surface area (Å²) in [5.41, 5.74) is -0.676. The predicted molar refractivity (Wildman–Crippen MR) is 117 cm³/mol. The molecule has 1 aromatic heterocycles. The van der Waals surface area contributed by atoms with Crippen molar-refractivity contribution in [3.05, 3.63) is 87.5 Å². The van der Waals surface area contributed by atoms with E-state index >= 15 is 0 Å². The van der Waals surface area contributed by atoms with E-state index in [1.54, 1.807) is 19.1 Å². The Hall–Kier alpha value is -3.24. The smallest absolute Gasteiger partial charge is 0.335 e. The largest absolute Gasteiger partial charge is 0.493 e. The number of hydrogen-bond acceptors (Lipinski definition) is 6. The average molecular weight is 494 g/mol. The number of aryl methyl sites for hydroxylation is 2. The van der Waals surface area contributed by atoms with E-state index in [2.05, 4.69) is 25.9 Å². The van der Waals surface area contributed by atoms with Crippen molar-refractivity contribution in [1.82, 2.24) is 9.55 Å². The summed E-state index contributed by atoms with van der Waals surface area (Å²) in [4.78, 5) is 41.3. The standard InChI is InChI=1S/C19H14BrClN4O5/c1-9-6-15(10(2)5-13(9)20)24-18(27)12(17(26)23-19(24)28)8-22-14-4-3-11(21)7-16(14)25(29)30/h3-8,27H,1-2H3,(H,23,26,28). The Morgan fingerprint density at radius 2 is 1.93 bits per heavy atom. The Morgan fingerprint density at radius 3 is 2.60 bits per heavy atom. The van der Waals surface area contributed by atoms with Crippen molar-refractivity contribution < 1.29 is 10.0 Å². The molecule has 0 fully saturated rings. The predicted octanol–water partition coefficient (Wildman–Crippen LogP) is 3.92. The van der Waals surface area contributed by atoms with Gasteiger partial charge < -0.3 is 5.11 Å². The molecular weight excluding hydrogens is 480 g/mol. The fourth-order valence-electron chi connectivity index (χ4n) is 2.77. The minimum Gasteiger partial charge on any atom is -0.493 e. The number of aromatic hydroxyl groups is 1. The molecule has 0 bridgehead atoms. The number of nitro groups is 1. The minimum absolute atomic E-state index is 0.0726. The molecule has 0 spiro atoms. The van der Waals surface area contributed by atoms with Crippen LogP contribution in [0.4, 0.5) is 11.4 Å². The van der Waals surface area contributed by atoms with Crippen LogP contribution >= 0.6 is 27.5 Å². The fourth-order valence-corrected chi connectivity index (χ4v) is 3.40. The third kappa shape index (κ3) is 4.05. The number of hydrogen-bond donors (Lipinski definition) is 2. The Bertz CT molecular complexity index is 1330. The first-order chi connectivity index (χ1) is 14.1. The summed E-state index contributed by atoms with van der Waals surface area (Å²) in [6.45, 7) is 3.55. The van der Waals surface area contributed by atoms with Crippen molar-refractivity contribution >= 4 is 45.1 Å². The maximum absolute atomic E-state index is 12.4. The van der Waals surface area contributed by atoms with Crippen LogP contribution in [-0.2, 0) is 0 Å². The molecule has 30 heavy (non-hydrogen) atoms. The lowest BCUT2D eigenvalue weighted by atomic mass is 10.1. The van der Waals surface area contributed by atoms with Gasteiger partial charge in [-0.1, -0.05) is 27.5 Å². The third-order valence-corrected chi connectivity index (χ3v) is 5.40. The van der Waals surface area contributed by atoms with Crippen molar-refractivity contribution in [3.63, 3.8) is 0 Å². The van der Waals surface area contributed by atoms with Crippen LogP contribution in [0, 0.1) is 24.0 Å². The summed E-state index contributed by atoms with van der Waals surface area (Å²) in [7, 11) is 0. The molecule has 9 nitrogen and oxygen atoms in total. The first-order valence-corrected chi connectivity index (χ1v) is 9.60. The van der Waals surface area contributed by atoms with E-state index in [-0.39, 0.29) is 22.0 Å². The Morgan fingerprint density at radius 1 is 1.23 bits per heavy atom. The lowest BCUT2D eigenvalue weighted by Gasteiger charge is -2.14. The van der Waals surface area contributed by atoms with Gasteiger partial charge in [-0.25, -0.2) is 14.4 Å². The van der Waals surface area contributed by atoms with Crippen molar-refractivity contribution in [2.24, 2.45) is 4.99 Å². The number of nitro benzene ring substituents is 1. The summed E-state index contributed by atoms with van der Waals surface area (Å²) < 4.78 is 1.76. The minimum atomic E-state index is -0.888. The van der Waals surface area contributed by atoms with Gasteiger partial charge in [0.15, 0.2) is 0 Å². The highest BCUT2D eigenvalue weighted by atomic mass is 79.9. The van der Waals surface area contributed by atoms with Gasteiger partial charge in [0.2, 0.25) is 5.88 Å². The van der Waals surface area contributed by atoms with Crippen LogP contribution in [0.1, 0.15) is 16.7 Å². The number of aromatic amines is 1. The maximum Gasteiger partial charge on any atom is 0.335 e. The van der Waals surface area contributed by atoms with Gasteiger partial charge >= 0.3 is 5.69 Å². The van der Waals surface area contributed by atoms with Crippen LogP contribution in [0.3, 0.4) is 0 Å². The summed E-state index contributed by atoms with van der Waals surface area (Å²) in [5, 5.41) is 22.0. The lowest BCUT2D eigenvalue weighted by Crippen LogP contribution is -2.31. The highest BCUT2D eigenvalue weighted by molar-refractivity contribution is 9.10. The quantitative estimate of drug-likeness (QED) is 0.323. The molecule has 2 N–H and O–H groups in total. The fraction of sp³-hybridized carbons (Fsp3) is 0.105. The molecule has 0 radical (unpaired) electrons. The number of nitrogens with zero attached hydrogens (tertiary/aromatic N) is 3. The van der Waals surface area contributed by atoms with Crippen molar-refractivity contribution in [2.75, 3.05) is 0 Å². The summed E-state index contributed by atoms with van der Waals surface area (Å²) in [5.74, 6) is -0.645. The van der Waals surface area contributed by atoms with Gasteiger partial charge in [0.25, 0.3) is 11.2 Å².